The second-order valence-corrected chi connectivity index (χ2v) is 16.3. The lowest BCUT2D eigenvalue weighted by molar-refractivity contribution is -0.141. The van der Waals surface area contributed by atoms with Crippen molar-refractivity contribution in [3.8, 4) is 0 Å². The maximum Gasteiger partial charge on any atom is 0.305 e. The Morgan fingerprint density at radius 3 is 1.80 bits per heavy atom. The van der Waals surface area contributed by atoms with Crippen molar-refractivity contribution >= 4 is 69.8 Å². The molecular weight excluding hydrogens is 849 g/mol. The maximum absolute atomic E-state index is 14.0. The van der Waals surface area contributed by atoms with E-state index < -0.39 is 72.0 Å². The molecule has 20 heteroatoms. The number of nitrogens with zero attached hydrogens (tertiary/aromatic N) is 2. The third-order valence-electron chi connectivity index (χ3n) is 10.9. The van der Waals surface area contributed by atoms with E-state index in [1.54, 1.807) is 50.2 Å². The van der Waals surface area contributed by atoms with E-state index in [0.29, 0.717) is 36.2 Å². The molecule has 15 N–H and O–H groups in total. The lowest BCUT2D eigenvalue weighted by Gasteiger charge is -2.28. The molecule has 66 heavy (non-hydrogen) atoms. The van der Waals surface area contributed by atoms with Gasteiger partial charge in [-0.1, -0.05) is 83.0 Å². The lowest BCUT2D eigenvalue weighted by atomic mass is 9.96. The Morgan fingerprint density at radius 2 is 1.23 bits per heavy atom. The lowest BCUT2D eigenvalue weighted by Crippen LogP contribution is -2.60. The second kappa shape index (κ2) is 27.2. The second-order valence-electron chi connectivity index (χ2n) is 16.3. The Bertz CT molecular complexity index is 2190. The first-order valence-corrected chi connectivity index (χ1v) is 22.1. The van der Waals surface area contributed by atoms with Gasteiger partial charge in [-0.3, -0.25) is 43.5 Å². The van der Waals surface area contributed by atoms with E-state index >= 15 is 0 Å². The summed E-state index contributed by atoms with van der Waals surface area (Å²) in [7, 11) is 0. The molecule has 6 amide bonds. The van der Waals surface area contributed by atoms with Gasteiger partial charge in [0.1, 0.15) is 24.2 Å². The number of hydrogen-bond acceptors (Lipinski definition) is 9. The van der Waals surface area contributed by atoms with E-state index in [0.717, 1.165) is 17.2 Å². The molecule has 3 rings (SSSR count). The first-order valence-electron chi connectivity index (χ1n) is 22.1. The summed E-state index contributed by atoms with van der Waals surface area (Å²) in [5.74, 6) is -5.95. The molecule has 20 nitrogen and oxygen atoms in total. The number of carboxylic acids is 1. The number of guanidine groups is 2. The Hall–Kier alpha value is -7.25. The summed E-state index contributed by atoms with van der Waals surface area (Å²) in [6.45, 7) is 8.00. The predicted octanol–water partition coefficient (Wildman–Crippen LogP) is 1.36. The zero-order valence-electron chi connectivity index (χ0n) is 38.1. The largest absolute Gasteiger partial charge is 0.481 e. The molecule has 3 aromatic rings. The zero-order valence-corrected chi connectivity index (χ0v) is 38.1. The summed E-state index contributed by atoms with van der Waals surface area (Å²) in [5, 5.41) is 27.8. The Balaban J connectivity index is 1.75. The van der Waals surface area contributed by atoms with Crippen LogP contribution >= 0.6 is 0 Å². The van der Waals surface area contributed by atoms with Crippen LogP contribution in [-0.2, 0) is 35.2 Å². The van der Waals surface area contributed by atoms with Crippen molar-refractivity contribution < 1.29 is 38.7 Å². The number of benzene rings is 3. The number of hydrogen-bond donors (Lipinski definition) is 11. The van der Waals surface area contributed by atoms with Crippen LogP contribution in [0.2, 0.25) is 0 Å². The van der Waals surface area contributed by atoms with Gasteiger partial charge in [0, 0.05) is 30.9 Å². The van der Waals surface area contributed by atoms with Crippen LogP contribution in [0.15, 0.2) is 76.7 Å². The molecule has 0 aliphatic heterocycles. The average molecular weight is 915 g/mol. The monoisotopic (exact) mass is 915 g/mol. The van der Waals surface area contributed by atoms with Crippen molar-refractivity contribution in [2.75, 3.05) is 25.0 Å². The molecule has 0 fully saturated rings. The van der Waals surface area contributed by atoms with Crippen molar-refractivity contribution in [3.63, 3.8) is 0 Å². The van der Waals surface area contributed by atoms with E-state index in [1.165, 1.54) is 0 Å². The molecule has 6 atom stereocenters. The van der Waals surface area contributed by atoms with Gasteiger partial charge in [-0.25, -0.2) is 0 Å². The average Bonchev–Trinajstić information content (AvgIpc) is 3.28. The minimum absolute atomic E-state index is 0.0661. The van der Waals surface area contributed by atoms with Gasteiger partial charge in [0.2, 0.25) is 29.5 Å². The number of amides is 6. The van der Waals surface area contributed by atoms with Crippen molar-refractivity contribution in [2.45, 2.75) is 103 Å². The van der Waals surface area contributed by atoms with Gasteiger partial charge in [0.05, 0.1) is 12.8 Å². The van der Waals surface area contributed by atoms with Crippen molar-refractivity contribution in [1.82, 2.24) is 26.6 Å². The molecule has 0 bridgehead atoms. The minimum Gasteiger partial charge on any atom is -0.481 e. The van der Waals surface area contributed by atoms with Gasteiger partial charge in [0.25, 0.3) is 5.91 Å². The number of anilines is 1. The standard InChI is InChI=1S/C46H66N12O8/c1-5-27(3)26-53-41(63)34(13-9-21-51-45(47)48)56-43(65)36(25-38(60)61)57-44(66)39(28(4)6-2)58-42(64)35(14-10-22-52-46(49)50)55-37(59)23-29-15-19-33(20-16-29)54-40(62)32-18-17-30-11-7-8-12-31(30)24-32/h7-8,11-12,15-20,24,27-28,34-36,39H,5-6,9-10,13-14,21-23,25-26H2,1-4H3,(H,53,63)(H,54,62)(H,55,59)(H,56,65)(H,57,66)(H,58,64)(H,60,61)(H4,47,48,51)(H4,49,50,52). The number of carbonyl (C=O) groups is 7. The fourth-order valence-corrected chi connectivity index (χ4v) is 6.63. The summed E-state index contributed by atoms with van der Waals surface area (Å²) in [6, 6.07) is 14.6. The zero-order chi connectivity index (χ0) is 48.8. The van der Waals surface area contributed by atoms with Gasteiger partial charge >= 0.3 is 5.97 Å². The molecule has 0 aliphatic carbocycles. The third kappa shape index (κ3) is 18.5. The van der Waals surface area contributed by atoms with E-state index in [4.69, 9.17) is 22.9 Å². The smallest absolute Gasteiger partial charge is 0.305 e. The normalized spacial score (nSPS) is 13.6. The molecule has 0 saturated heterocycles. The number of aliphatic imine (C=N–C) groups is 2. The Kier molecular flexibility index (Phi) is 21.8. The fourth-order valence-electron chi connectivity index (χ4n) is 6.63. The predicted molar refractivity (Wildman–Crippen MR) is 254 cm³/mol. The van der Waals surface area contributed by atoms with Crippen molar-refractivity contribution in [2.24, 2.45) is 44.8 Å². The molecule has 0 heterocycles. The summed E-state index contributed by atoms with van der Waals surface area (Å²) in [4.78, 5) is 101. The van der Waals surface area contributed by atoms with Crippen LogP contribution in [0, 0.1) is 11.8 Å². The number of carboxylic acid groups (broad SMARTS) is 1. The highest BCUT2D eigenvalue weighted by molar-refractivity contribution is 6.06. The summed E-state index contributed by atoms with van der Waals surface area (Å²) < 4.78 is 0. The Morgan fingerprint density at radius 1 is 0.652 bits per heavy atom. The van der Waals surface area contributed by atoms with E-state index in [1.807, 2.05) is 44.2 Å². The number of fused-ring (bicyclic) bond motifs is 1. The van der Waals surface area contributed by atoms with Crippen LogP contribution in [0.25, 0.3) is 10.8 Å². The van der Waals surface area contributed by atoms with Crippen LogP contribution in [0.3, 0.4) is 0 Å². The highest BCUT2D eigenvalue weighted by Crippen LogP contribution is 2.18. The SMILES string of the molecule is CCC(C)CNC(=O)C(CCCN=C(N)N)NC(=O)C(CC(=O)O)NC(=O)C(NC(=O)C(CCCN=C(N)N)NC(=O)Cc1ccc(NC(=O)c2ccc3ccccc3c2)cc1)C(C)CC. The van der Waals surface area contributed by atoms with Crippen LogP contribution < -0.4 is 54.8 Å². The third-order valence-corrected chi connectivity index (χ3v) is 10.9. The van der Waals surface area contributed by atoms with Crippen LogP contribution in [-0.4, -0.2) is 102 Å². The summed E-state index contributed by atoms with van der Waals surface area (Å²) in [5.41, 5.74) is 23.4. The van der Waals surface area contributed by atoms with Crippen LogP contribution in [0.1, 0.15) is 88.6 Å². The highest BCUT2D eigenvalue weighted by atomic mass is 16.4. The van der Waals surface area contributed by atoms with Crippen LogP contribution in [0.5, 0.6) is 0 Å². The molecule has 0 radical (unpaired) electrons. The maximum atomic E-state index is 14.0. The quantitative estimate of drug-likeness (QED) is 0.0294. The van der Waals surface area contributed by atoms with Crippen LogP contribution in [0.4, 0.5) is 5.69 Å². The topological polar surface area (TPSA) is 341 Å². The number of rotatable bonds is 27. The van der Waals surface area contributed by atoms with Gasteiger partial charge in [-0.2, -0.15) is 0 Å². The summed E-state index contributed by atoms with van der Waals surface area (Å²) >= 11 is 0. The molecular formula is C46H66N12O8. The number of nitrogens with two attached hydrogens (primary N) is 4. The number of aliphatic carboxylic acids is 1. The molecule has 0 spiro atoms. The molecule has 6 unspecified atom stereocenters. The molecule has 358 valence electrons. The fraction of sp³-hybridized carbons (Fsp3) is 0.457. The van der Waals surface area contributed by atoms with E-state index in [-0.39, 0.29) is 62.5 Å². The first kappa shape index (κ1) is 53.1. The molecule has 3 aromatic carbocycles. The van der Waals surface area contributed by atoms with E-state index in [2.05, 4.69) is 41.9 Å². The molecule has 0 aliphatic rings. The van der Waals surface area contributed by atoms with E-state index in [9.17, 15) is 38.7 Å². The van der Waals surface area contributed by atoms with Gasteiger partial charge in [-0.05, 0) is 78.1 Å². The minimum atomic E-state index is -1.64. The molecule has 0 saturated carbocycles. The van der Waals surface area contributed by atoms with Gasteiger partial charge in [0.15, 0.2) is 11.9 Å². The Labute approximate surface area is 384 Å². The van der Waals surface area contributed by atoms with Crippen molar-refractivity contribution in [3.05, 3.63) is 77.9 Å². The molecule has 0 aromatic heterocycles. The van der Waals surface area contributed by atoms with Gasteiger partial charge < -0.3 is 59.9 Å². The highest BCUT2D eigenvalue weighted by Gasteiger charge is 2.34. The van der Waals surface area contributed by atoms with Crippen molar-refractivity contribution in [1.29, 1.82) is 0 Å². The number of carbonyl (C=O) groups excluding carboxylic acids is 6. The summed E-state index contributed by atoms with van der Waals surface area (Å²) in [6.07, 6.45) is 0.916. The van der Waals surface area contributed by atoms with Gasteiger partial charge in [-0.15, -0.1) is 0 Å². The number of nitrogens with one attached hydrogen (secondary N) is 6. The first-order chi connectivity index (χ1) is 31.4.